The fourth-order valence-corrected chi connectivity index (χ4v) is 7.30. The minimum atomic E-state index is -4.84. The van der Waals surface area contributed by atoms with Crippen LogP contribution in [-0.4, -0.2) is 122 Å². The van der Waals surface area contributed by atoms with E-state index in [9.17, 15) is 42.3 Å². The average Bonchev–Trinajstić information content (AvgIpc) is 3.81. The molecule has 4 heterocycles. The third-order valence-electron chi connectivity index (χ3n) is 10.7. The number of alkyl halides is 4. The molecule has 20 heteroatoms. The number of imidazole rings is 1. The molecular weight excluding hydrogens is 821 g/mol. The van der Waals surface area contributed by atoms with Crippen molar-refractivity contribution in [3.8, 4) is 22.9 Å². The maximum atomic E-state index is 15.3. The Hall–Kier alpha value is -5.79. The molecule has 2 aliphatic rings. The summed E-state index contributed by atoms with van der Waals surface area (Å²) in [6.07, 6.45) is -1.78. The molecule has 16 nitrogen and oxygen atoms in total. The summed E-state index contributed by atoms with van der Waals surface area (Å²) in [5, 5.41) is 15.6. The fraction of sp³-hybridized carbons (Fsp3) is 0.548. The number of ether oxygens (including phenoxy) is 2. The number of primary amides is 1. The molecule has 0 saturated carbocycles. The highest BCUT2D eigenvalue weighted by atomic mass is 19.4. The number of benzene rings is 1. The smallest absolute Gasteiger partial charge is 0.471 e. The zero-order chi connectivity index (χ0) is 45.4. The van der Waals surface area contributed by atoms with Gasteiger partial charge in [-0.1, -0.05) is 32.9 Å². The number of rotatable bonds is 17. The van der Waals surface area contributed by atoms with E-state index in [1.54, 1.807) is 17.4 Å². The van der Waals surface area contributed by atoms with E-state index in [2.05, 4.69) is 25.3 Å². The number of hydrogen-bond donors (Lipinski definition) is 4. The van der Waals surface area contributed by atoms with Gasteiger partial charge in [0.1, 0.15) is 23.5 Å². The van der Waals surface area contributed by atoms with Crippen molar-refractivity contribution in [1.29, 1.82) is 0 Å². The number of pyridine rings is 1. The van der Waals surface area contributed by atoms with Crippen LogP contribution in [0.4, 0.5) is 17.6 Å². The summed E-state index contributed by atoms with van der Waals surface area (Å²) in [6, 6.07) is 5.34. The number of nitrogens with two attached hydrogens (primary N) is 1. The lowest BCUT2D eigenvalue weighted by molar-refractivity contribution is -0.274. The van der Waals surface area contributed by atoms with Gasteiger partial charge in [0, 0.05) is 69.4 Å². The molecule has 2 aliphatic heterocycles. The van der Waals surface area contributed by atoms with Gasteiger partial charge in [0.15, 0.2) is 6.17 Å². The summed E-state index contributed by atoms with van der Waals surface area (Å²) in [5.41, 5.74) is 6.34. The first-order chi connectivity index (χ1) is 29.2. The van der Waals surface area contributed by atoms with E-state index in [-0.39, 0.29) is 74.6 Å². The van der Waals surface area contributed by atoms with Gasteiger partial charge in [-0.25, -0.2) is 14.4 Å². The monoisotopic (exact) mass is 874 g/mol. The number of nitrogens with zero attached hydrogens (tertiary/aromatic N) is 5. The van der Waals surface area contributed by atoms with Crippen LogP contribution >= 0.6 is 0 Å². The molecule has 0 aliphatic carbocycles. The summed E-state index contributed by atoms with van der Waals surface area (Å²) in [7, 11) is 0. The van der Waals surface area contributed by atoms with Gasteiger partial charge in [-0.2, -0.15) is 0 Å². The third-order valence-corrected chi connectivity index (χ3v) is 10.7. The highest BCUT2D eigenvalue weighted by Gasteiger charge is 2.41. The topological polar surface area (TPSA) is 211 Å². The second kappa shape index (κ2) is 20.4. The number of carbonyl (C=O) groups is 5. The number of nitrogens with one attached hydrogen (secondary N) is 2. The quantitative estimate of drug-likeness (QED) is 0.114. The molecule has 3 aromatic rings. The minimum absolute atomic E-state index is 0.0452. The maximum absolute atomic E-state index is 15.3. The van der Waals surface area contributed by atoms with Crippen molar-refractivity contribution >= 4 is 29.5 Å². The number of piperidine rings is 1. The Kier molecular flexibility index (Phi) is 15.5. The number of unbranched alkanes of at least 4 members (excludes halogenated alkanes) is 1. The number of carbonyl (C=O) groups excluding carboxylic acids is 5. The standard InChI is InChI=1S/C42H54F4N8O8/c1-25-17-28(55)21-54(25)40(60)37(41(2,3)4)51-35(57)12-11-34(56)48-14-5-6-15-52-23-32(50-24-52)27-19-30(38(47)59)39(49-20-27)61-33-13-16-53(22-31(33)43)36(58)18-26-7-9-29(10-8-26)62-42(44,45)46/h7-10,19-20,23-25,28,31,33,37,55H,5-6,11-18,21-22H2,1-4H3,(H2,47,59)(H,48,56)(H,51,57)/t25-,28-,31-,33-,37-/m1/s1. The lowest BCUT2D eigenvalue weighted by Crippen LogP contribution is -2.55. The second-order valence-corrected chi connectivity index (χ2v) is 16.8. The van der Waals surface area contributed by atoms with Crippen molar-refractivity contribution in [1.82, 2.24) is 35.0 Å². The Morgan fingerprint density at radius 3 is 2.35 bits per heavy atom. The molecule has 0 unspecified atom stereocenters. The van der Waals surface area contributed by atoms with Crippen LogP contribution in [0.15, 0.2) is 49.1 Å². The third kappa shape index (κ3) is 13.4. The highest BCUT2D eigenvalue weighted by Crippen LogP contribution is 2.29. The van der Waals surface area contributed by atoms with E-state index in [4.69, 9.17) is 10.5 Å². The molecule has 1 aromatic carbocycles. The molecule has 5 atom stereocenters. The predicted molar refractivity (Wildman–Crippen MR) is 216 cm³/mol. The zero-order valence-corrected chi connectivity index (χ0v) is 35.1. The van der Waals surface area contributed by atoms with Crippen LogP contribution in [-0.2, 0) is 32.1 Å². The first-order valence-corrected chi connectivity index (χ1v) is 20.5. The Morgan fingerprint density at radius 1 is 1.02 bits per heavy atom. The molecule has 0 radical (unpaired) electrons. The number of aryl methyl sites for hydroxylation is 1. The van der Waals surface area contributed by atoms with Crippen molar-refractivity contribution in [3.05, 3.63) is 60.2 Å². The van der Waals surface area contributed by atoms with Crippen molar-refractivity contribution in [3.63, 3.8) is 0 Å². The number of aliphatic hydroxyl groups excluding tert-OH is 1. The predicted octanol–water partition coefficient (Wildman–Crippen LogP) is 3.69. The van der Waals surface area contributed by atoms with Crippen molar-refractivity contribution in [2.75, 3.05) is 26.2 Å². The molecule has 2 fully saturated rings. The molecule has 62 heavy (non-hydrogen) atoms. The maximum Gasteiger partial charge on any atom is 0.573 e. The molecule has 5 amide bonds. The summed E-state index contributed by atoms with van der Waals surface area (Å²) in [4.78, 5) is 75.3. The van der Waals surface area contributed by atoms with Crippen molar-refractivity contribution in [2.24, 2.45) is 11.1 Å². The van der Waals surface area contributed by atoms with Crippen LogP contribution in [0.3, 0.4) is 0 Å². The van der Waals surface area contributed by atoms with Gasteiger partial charge < -0.3 is 45.3 Å². The summed E-state index contributed by atoms with van der Waals surface area (Å²) in [5.74, 6) is -2.84. The normalized spacial score (nSPS) is 19.8. The Bertz CT molecular complexity index is 2060. The first kappa shape index (κ1) is 47.3. The molecule has 5 rings (SSSR count). The molecule has 5 N–H and O–H groups in total. The molecule has 2 aromatic heterocycles. The van der Waals surface area contributed by atoms with E-state index in [0.717, 1.165) is 12.1 Å². The fourth-order valence-electron chi connectivity index (χ4n) is 7.30. The number of halogens is 4. The number of β-amino-alcohol motifs (C(OH)–C–C–N with tert-alkyl or cyclic N) is 1. The van der Waals surface area contributed by atoms with Crippen LogP contribution in [0.1, 0.15) is 82.1 Å². The van der Waals surface area contributed by atoms with Crippen LogP contribution in [0.2, 0.25) is 0 Å². The van der Waals surface area contributed by atoms with Gasteiger partial charge in [0.2, 0.25) is 29.5 Å². The molecular formula is C42H54F4N8O8. The van der Waals surface area contributed by atoms with Crippen LogP contribution < -0.4 is 25.8 Å². The second-order valence-electron chi connectivity index (χ2n) is 16.8. The number of likely N-dealkylation sites (tertiary alicyclic amines) is 2. The number of aliphatic hydroxyl groups is 1. The largest absolute Gasteiger partial charge is 0.573 e. The van der Waals surface area contributed by atoms with Gasteiger partial charge >= 0.3 is 6.36 Å². The highest BCUT2D eigenvalue weighted by molar-refractivity contribution is 5.96. The Labute approximate surface area is 356 Å². The summed E-state index contributed by atoms with van der Waals surface area (Å²) in [6.45, 7) is 8.38. The van der Waals surface area contributed by atoms with E-state index >= 15 is 4.39 Å². The molecule has 0 spiro atoms. The lowest BCUT2D eigenvalue weighted by Gasteiger charge is -2.35. The molecule has 0 bridgehead atoms. The van der Waals surface area contributed by atoms with Crippen LogP contribution in [0, 0.1) is 5.41 Å². The van der Waals surface area contributed by atoms with Gasteiger partial charge in [-0.3, -0.25) is 24.0 Å². The van der Waals surface area contributed by atoms with Gasteiger partial charge in [-0.05, 0) is 55.4 Å². The van der Waals surface area contributed by atoms with Crippen molar-refractivity contribution in [2.45, 2.75) is 116 Å². The van der Waals surface area contributed by atoms with Crippen LogP contribution in [0.25, 0.3) is 11.3 Å². The summed E-state index contributed by atoms with van der Waals surface area (Å²) < 4.78 is 64.1. The Morgan fingerprint density at radius 2 is 1.73 bits per heavy atom. The summed E-state index contributed by atoms with van der Waals surface area (Å²) >= 11 is 0. The number of hydrogen-bond acceptors (Lipinski definition) is 10. The minimum Gasteiger partial charge on any atom is -0.471 e. The first-order valence-electron chi connectivity index (χ1n) is 20.5. The SMILES string of the molecule is C[C@@H]1C[C@@H](O)CN1C(=O)[C@@H](NC(=O)CCC(=O)NCCCCn1cnc(-c2cnc(O[C@@H]3CCN(C(=O)Cc4ccc(OC(F)(F)F)cc4)C[C@H]3F)c(C(N)=O)c2)c1)C(C)(C)C. The average molecular weight is 875 g/mol. The zero-order valence-electron chi connectivity index (χ0n) is 35.1. The molecule has 2 saturated heterocycles. The van der Waals surface area contributed by atoms with E-state index in [1.165, 1.54) is 29.3 Å². The number of aromatic nitrogens is 3. The Balaban J connectivity index is 1.03. The lowest BCUT2D eigenvalue weighted by atomic mass is 9.85. The van der Waals surface area contributed by atoms with Gasteiger partial charge in [0.25, 0.3) is 5.91 Å². The van der Waals surface area contributed by atoms with E-state index in [1.807, 2.05) is 32.3 Å². The van der Waals surface area contributed by atoms with E-state index < -0.39 is 59.7 Å². The van der Waals surface area contributed by atoms with Gasteiger partial charge in [-0.15, -0.1) is 13.2 Å². The van der Waals surface area contributed by atoms with Crippen molar-refractivity contribution < 1.29 is 56.1 Å². The van der Waals surface area contributed by atoms with Gasteiger partial charge in [0.05, 0.1) is 31.1 Å². The molecule has 338 valence electrons. The van der Waals surface area contributed by atoms with Crippen LogP contribution in [0.5, 0.6) is 11.6 Å². The number of amides is 5. The van der Waals surface area contributed by atoms with E-state index in [0.29, 0.717) is 49.2 Å².